The highest BCUT2D eigenvalue weighted by atomic mass is 16.2. The molecule has 0 saturated heterocycles. The van der Waals surface area contributed by atoms with Crippen LogP contribution < -0.4 is 5.56 Å². The standard InChI is InChI=1S/C22H19N3O2/c1-25(14-20-23-19-9-5-4-8-18(19)22(27)24-20)21(26)13-15-10-11-16-6-2-3-7-17(16)12-15/h2-12H,13-14H2,1H3,(H,23,24,27). The molecule has 4 aromatic rings. The Hall–Kier alpha value is -3.47. The SMILES string of the molecule is CN(Cc1nc2ccccc2c(=O)[nH]1)C(=O)Cc1ccc2ccccc2c1. The summed E-state index contributed by atoms with van der Waals surface area (Å²) in [4.78, 5) is 33.6. The molecule has 0 aliphatic heterocycles. The molecule has 4 rings (SSSR count). The lowest BCUT2D eigenvalue weighted by Crippen LogP contribution is -2.29. The minimum absolute atomic E-state index is 0.0268. The number of benzene rings is 3. The number of nitrogens with one attached hydrogen (secondary N) is 1. The van der Waals surface area contributed by atoms with E-state index in [1.807, 2.05) is 42.5 Å². The van der Waals surface area contributed by atoms with E-state index < -0.39 is 0 Å². The maximum atomic E-state index is 12.6. The summed E-state index contributed by atoms with van der Waals surface area (Å²) in [6, 6.07) is 21.3. The number of H-pyrrole nitrogens is 1. The summed E-state index contributed by atoms with van der Waals surface area (Å²) >= 11 is 0. The number of aromatic nitrogens is 2. The lowest BCUT2D eigenvalue weighted by atomic mass is 10.0. The summed E-state index contributed by atoms with van der Waals surface area (Å²) in [6.45, 7) is 0.256. The van der Waals surface area contributed by atoms with E-state index in [2.05, 4.69) is 16.0 Å². The number of para-hydroxylation sites is 1. The van der Waals surface area contributed by atoms with Crippen molar-refractivity contribution < 1.29 is 4.79 Å². The molecule has 134 valence electrons. The fourth-order valence-corrected chi connectivity index (χ4v) is 3.18. The van der Waals surface area contributed by atoms with E-state index in [9.17, 15) is 9.59 Å². The van der Waals surface area contributed by atoms with E-state index in [0.29, 0.717) is 23.1 Å². The summed E-state index contributed by atoms with van der Waals surface area (Å²) in [5.41, 5.74) is 1.41. The largest absolute Gasteiger partial charge is 0.338 e. The topological polar surface area (TPSA) is 66.1 Å². The maximum Gasteiger partial charge on any atom is 0.258 e. The summed E-state index contributed by atoms with van der Waals surface area (Å²) in [7, 11) is 1.72. The number of rotatable bonds is 4. The maximum absolute atomic E-state index is 12.6. The molecule has 1 heterocycles. The van der Waals surface area contributed by atoms with Crippen LogP contribution in [0.15, 0.2) is 71.5 Å². The molecule has 5 nitrogen and oxygen atoms in total. The molecule has 1 N–H and O–H groups in total. The zero-order chi connectivity index (χ0) is 18.8. The Labute approximate surface area is 156 Å². The molecule has 0 spiro atoms. The fourth-order valence-electron chi connectivity index (χ4n) is 3.18. The van der Waals surface area contributed by atoms with Crippen LogP contribution in [0, 0.1) is 0 Å². The van der Waals surface area contributed by atoms with Gasteiger partial charge in [0.15, 0.2) is 0 Å². The first-order chi connectivity index (χ1) is 13.1. The monoisotopic (exact) mass is 357 g/mol. The van der Waals surface area contributed by atoms with Crippen LogP contribution in [0.1, 0.15) is 11.4 Å². The van der Waals surface area contributed by atoms with Gasteiger partial charge in [0, 0.05) is 7.05 Å². The summed E-state index contributed by atoms with van der Waals surface area (Å²) < 4.78 is 0. The number of fused-ring (bicyclic) bond motifs is 2. The zero-order valence-electron chi connectivity index (χ0n) is 15.0. The number of carbonyl (C=O) groups excluding carboxylic acids is 1. The zero-order valence-corrected chi connectivity index (χ0v) is 15.0. The van der Waals surface area contributed by atoms with E-state index in [1.54, 1.807) is 30.1 Å². The van der Waals surface area contributed by atoms with Gasteiger partial charge in [0.05, 0.1) is 23.9 Å². The van der Waals surface area contributed by atoms with E-state index in [0.717, 1.165) is 16.3 Å². The predicted molar refractivity (Wildman–Crippen MR) is 106 cm³/mol. The Morgan fingerprint density at radius 1 is 1.00 bits per heavy atom. The molecular formula is C22H19N3O2. The second kappa shape index (κ2) is 7.03. The predicted octanol–water partition coefficient (Wildman–Crippen LogP) is 3.28. The average Bonchev–Trinajstić information content (AvgIpc) is 2.68. The normalized spacial score (nSPS) is 11.0. The highest BCUT2D eigenvalue weighted by Crippen LogP contribution is 2.16. The molecule has 5 heteroatoms. The second-order valence-electron chi connectivity index (χ2n) is 6.64. The first kappa shape index (κ1) is 17.0. The van der Waals surface area contributed by atoms with E-state index in [-0.39, 0.29) is 18.0 Å². The van der Waals surface area contributed by atoms with Crippen molar-refractivity contribution in [3.8, 4) is 0 Å². The highest BCUT2D eigenvalue weighted by molar-refractivity contribution is 5.85. The Bertz CT molecular complexity index is 1200. The molecule has 0 unspecified atom stereocenters. The number of carbonyl (C=O) groups is 1. The third-order valence-electron chi connectivity index (χ3n) is 4.64. The molecule has 0 aliphatic rings. The summed E-state index contributed by atoms with van der Waals surface area (Å²) in [5.74, 6) is 0.453. The molecule has 0 radical (unpaired) electrons. The van der Waals surface area contributed by atoms with Crippen molar-refractivity contribution in [3.05, 3.63) is 88.5 Å². The van der Waals surface area contributed by atoms with Gasteiger partial charge in [-0.15, -0.1) is 0 Å². The van der Waals surface area contributed by atoms with Crippen molar-refractivity contribution in [1.82, 2.24) is 14.9 Å². The van der Waals surface area contributed by atoms with Crippen molar-refractivity contribution in [3.63, 3.8) is 0 Å². The van der Waals surface area contributed by atoms with Gasteiger partial charge in [-0.2, -0.15) is 0 Å². The van der Waals surface area contributed by atoms with Crippen LogP contribution in [0.5, 0.6) is 0 Å². The number of amides is 1. The van der Waals surface area contributed by atoms with E-state index >= 15 is 0 Å². The third kappa shape index (κ3) is 3.58. The first-order valence-electron chi connectivity index (χ1n) is 8.80. The Kier molecular flexibility index (Phi) is 4.42. The van der Waals surface area contributed by atoms with Crippen LogP contribution in [0.2, 0.25) is 0 Å². The molecule has 0 bridgehead atoms. The fraction of sp³-hybridized carbons (Fsp3) is 0.136. The van der Waals surface area contributed by atoms with Gasteiger partial charge in [0.1, 0.15) is 5.82 Å². The lowest BCUT2D eigenvalue weighted by molar-refractivity contribution is -0.129. The number of hydrogen-bond donors (Lipinski definition) is 1. The first-order valence-corrected chi connectivity index (χ1v) is 8.80. The lowest BCUT2D eigenvalue weighted by Gasteiger charge is -2.17. The van der Waals surface area contributed by atoms with Gasteiger partial charge in [0.2, 0.25) is 5.91 Å². The van der Waals surface area contributed by atoms with Gasteiger partial charge >= 0.3 is 0 Å². The van der Waals surface area contributed by atoms with Crippen molar-refractivity contribution in [2.24, 2.45) is 0 Å². The Morgan fingerprint density at radius 3 is 2.59 bits per heavy atom. The molecule has 0 saturated carbocycles. The van der Waals surface area contributed by atoms with Gasteiger partial charge in [-0.25, -0.2) is 4.98 Å². The van der Waals surface area contributed by atoms with Crippen molar-refractivity contribution in [1.29, 1.82) is 0 Å². The van der Waals surface area contributed by atoms with E-state index in [4.69, 9.17) is 0 Å². The van der Waals surface area contributed by atoms with Crippen LogP contribution in [0.25, 0.3) is 21.7 Å². The smallest absolute Gasteiger partial charge is 0.258 e. The number of hydrogen-bond acceptors (Lipinski definition) is 3. The molecule has 0 fully saturated rings. The minimum atomic E-state index is -0.189. The van der Waals surface area contributed by atoms with Crippen molar-refractivity contribution in [2.75, 3.05) is 7.05 Å². The molecule has 27 heavy (non-hydrogen) atoms. The highest BCUT2D eigenvalue weighted by Gasteiger charge is 2.13. The molecule has 3 aromatic carbocycles. The van der Waals surface area contributed by atoms with Crippen LogP contribution in [-0.4, -0.2) is 27.8 Å². The molecule has 0 aliphatic carbocycles. The van der Waals surface area contributed by atoms with Crippen molar-refractivity contribution >= 4 is 27.6 Å². The van der Waals surface area contributed by atoms with Crippen LogP contribution in [0.4, 0.5) is 0 Å². The Balaban J connectivity index is 1.51. The average molecular weight is 357 g/mol. The van der Waals surface area contributed by atoms with Gasteiger partial charge in [-0.1, -0.05) is 54.6 Å². The van der Waals surface area contributed by atoms with E-state index in [1.165, 1.54) is 0 Å². The molecular weight excluding hydrogens is 338 g/mol. The van der Waals surface area contributed by atoms with Gasteiger partial charge in [-0.05, 0) is 28.5 Å². The minimum Gasteiger partial charge on any atom is -0.338 e. The van der Waals surface area contributed by atoms with Crippen LogP contribution in [0.3, 0.4) is 0 Å². The summed E-state index contributed by atoms with van der Waals surface area (Å²) in [6.07, 6.45) is 0.305. The number of nitrogens with zero attached hydrogens (tertiary/aromatic N) is 2. The van der Waals surface area contributed by atoms with Gasteiger partial charge < -0.3 is 9.88 Å². The van der Waals surface area contributed by atoms with Crippen LogP contribution in [-0.2, 0) is 17.8 Å². The quantitative estimate of drug-likeness (QED) is 0.609. The molecule has 1 amide bonds. The summed E-state index contributed by atoms with van der Waals surface area (Å²) in [5, 5.41) is 2.82. The third-order valence-corrected chi connectivity index (χ3v) is 4.64. The second-order valence-corrected chi connectivity index (χ2v) is 6.64. The molecule has 0 atom stereocenters. The van der Waals surface area contributed by atoms with Crippen molar-refractivity contribution in [2.45, 2.75) is 13.0 Å². The van der Waals surface area contributed by atoms with Gasteiger partial charge in [0.25, 0.3) is 5.56 Å². The molecule has 1 aromatic heterocycles. The Morgan fingerprint density at radius 2 is 1.74 bits per heavy atom. The number of aromatic amines is 1. The van der Waals surface area contributed by atoms with Gasteiger partial charge in [-0.3, -0.25) is 9.59 Å². The van der Waals surface area contributed by atoms with Crippen LogP contribution >= 0.6 is 0 Å². The number of likely N-dealkylation sites (N-methyl/N-ethyl adjacent to an activating group) is 1.